The van der Waals surface area contributed by atoms with Gasteiger partial charge < -0.3 is 9.47 Å². The van der Waals surface area contributed by atoms with Gasteiger partial charge in [0.05, 0.1) is 5.69 Å². The minimum atomic E-state index is -0.506. The third-order valence-corrected chi connectivity index (χ3v) is 1.99. The Labute approximate surface area is 89.8 Å². The summed E-state index contributed by atoms with van der Waals surface area (Å²) in [5.41, 5.74) is 0.599. The van der Waals surface area contributed by atoms with Crippen molar-refractivity contribution in [2.24, 2.45) is 0 Å². The van der Waals surface area contributed by atoms with E-state index in [4.69, 9.17) is 9.47 Å². The minimum absolute atomic E-state index is 0.00408. The van der Waals surface area contributed by atoms with Gasteiger partial charge in [-0.3, -0.25) is 9.36 Å². The summed E-state index contributed by atoms with van der Waals surface area (Å²) in [6.07, 6.45) is 1.28. The van der Waals surface area contributed by atoms with Gasteiger partial charge in [-0.15, -0.1) is 0 Å². The van der Waals surface area contributed by atoms with Crippen LogP contribution in [0, 0.1) is 0 Å². The normalized spacial score (nSPS) is 10.9. The zero-order valence-electron chi connectivity index (χ0n) is 9.40. The lowest BCUT2D eigenvalue weighted by molar-refractivity contribution is -0.186. The molecule has 0 aliphatic heterocycles. The molecule has 15 heavy (non-hydrogen) atoms. The number of hydrogen-bond acceptors (Lipinski definition) is 3. The van der Waals surface area contributed by atoms with Crippen molar-refractivity contribution < 1.29 is 14.3 Å². The maximum absolute atomic E-state index is 11.3. The topological polar surface area (TPSA) is 40.5 Å². The number of ketones is 1. The number of hydrogen-bond donors (Lipinski definition) is 0. The molecule has 0 amide bonds. The Balaban J connectivity index is 2.89. The molecule has 4 heteroatoms. The molecule has 0 saturated heterocycles. The molecule has 0 aliphatic carbocycles. The molecule has 0 bridgehead atoms. The quantitative estimate of drug-likeness (QED) is 0.535. The molecule has 0 atom stereocenters. The summed E-state index contributed by atoms with van der Waals surface area (Å²) < 4.78 is 12.5. The second-order valence-corrected chi connectivity index (χ2v) is 3.07. The van der Waals surface area contributed by atoms with Crippen molar-refractivity contribution in [3.8, 4) is 0 Å². The highest BCUT2D eigenvalue weighted by atomic mass is 16.7. The zero-order chi connectivity index (χ0) is 11.3. The molecule has 84 valence electrons. The van der Waals surface area contributed by atoms with E-state index in [1.54, 1.807) is 16.8 Å². The molecular formula is C11H17NO3. The molecule has 1 aromatic rings. The maximum Gasteiger partial charge on any atom is 0.244 e. The Morgan fingerprint density at radius 3 is 2.47 bits per heavy atom. The maximum atomic E-state index is 11.3. The lowest BCUT2D eigenvalue weighted by Gasteiger charge is -2.20. The summed E-state index contributed by atoms with van der Waals surface area (Å²) in [6.45, 7) is 6.40. The number of ether oxygens (including phenoxy) is 2. The largest absolute Gasteiger partial charge is 0.335 e. The highest BCUT2D eigenvalue weighted by Crippen LogP contribution is 2.15. The number of aromatic nitrogens is 1. The average molecular weight is 211 g/mol. The monoisotopic (exact) mass is 211 g/mol. The highest BCUT2D eigenvalue weighted by Gasteiger charge is 2.15. The molecule has 0 aliphatic rings. The minimum Gasteiger partial charge on any atom is -0.335 e. The summed E-state index contributed by atoms with van der Waals surface area (Å²) >= 11 is 0. The molecule has 0 spiro atoms. The first-order valence-corrected chi connectivity index (χ1v) is 5.11. The van der Waals surface area contributed by atoms with E-state index in [-0.39, 0.29) is 5.78 Å². The second kappa shape index (κ2) is 5.68. The van der Waals surface area contributed by atoms with Gasteiger partial charge in [0.15, 0.2) is 5.78 Å². The summed E-state index contributed by atoms with van der Waals surface area (Å²) in [6, 6.07) is 3.56. The summed E-state index contributed by atoms with van der Waals surface area (Å²) in [7, 11) is 0. The number of Topliss-reactive ketones (excluding diaryl/α,β-unsaturated/α-hetero) is 1. The van der Waals surface area contributed by atoms with Gasteiger partial charge in [0.2, 0.25) is 6.41 Å². The van der Waals surface area contributed by atoms with Crippen LogP contribution in [0.25, 0.3) is 0 Å². The highest BCUT2D eigenvalue weighted by molar-refractivity contribution is 5.92. The van der Waals surface area contributed by atoms with Crippen molar-refractivity contribution >= 4 is 5.78 Å². The Morgan fingerprint density at radius 1 is 1.40 bits per heavy atom. The van der Waals surface area contributed by atoms with Crippen LogP contribution in [0.3, 0.4) is 0 Å². The predicted octanol–water partition coefficient (Wildman–Crippen LogP) is 2.22. The third kappa shape index (κ3) is 2.91. The molecule has 4 nitrogen and oxygen atoms in total. The second-order valence-electron chi connectivity index (χ2n) is 3.07. The number of carbonyl (C=O) groups excluding carboxylic acids is 1. The smallest absolute Gasteiger partial charge is 0.244 e. The van der Waals surface area contributed by atoms with E-state index in [1.807, 2.05) is 19.9 Å². The summed E-state index contributed by atoms with van der Waals surface area (Å²) in [5, 5.41) is 0. The van der Waals surface area contributed by atoms with Crippen molar-refractivity contribution in [3.05, 3.63) is 24.0 Å². The molecule has 0 saturated carbocycles. The standard InChI is InChI=1S/C11H17NO3/c1-4-14-11(15-5-2)12-8-6-7-10(12)9(3)13/h6-8,11H,4-5H2,1-3H3. The molecule has 1 aromatic heterocycles. The van der Waals surface area contributed by atoms with Crippen LogP contribution < -0.4 is 0 Å². The van der Waals surface area contributed by atoms with Crippen LogP contribution in [0.2, 0.25) is 0 Å². The van der Waals surface area contributed by atoms with Crippen molar-refractivity contribution in [1.82, 2.24) is 4.57 Å². The van der Waals surface area contributed by atoms with E-state index in [9.17, 15) is 4.79 Å². The number of rotatable bonds is 6. The van der Waals surface area contributed by atoms with E-state index in [1.165, 1.54) is 6.92 Å². The van der Waals surface area contributed by atoms with Gasteiger partial charge >= 0.3 is 0 Å². The fourth-order valence-electron chi connectivity index (χ4n) is 1.37. The van der Waals surface area contributed by atoms with Crippen molar-refractivity contribution in [1.29, 1.82) is 0 Å². The van der Waals surface area contributed by atoms with Gasteiger partial charge in [-0.25, -0.2) is 0 Å². The Hall–Kier alpha value is -1.13. The first-order valence-electron chi connectivity index (χ1n) is 5.11. The molecular weight excluding hydrogens is 194 g/mol. The summed E-state index contributed by atoms with van der Waals surface area (Å²) in [5.74, 6) is 0.00408. The summed E-state index contributed by atoms with van der Waals surface area (Å²) in [4.78, 5) is 11.3. The van der Waals surface area contributed by atoms with Crippen molar-refractivity contribution in [2.75, 3.05) is 13.2 Å². The van der Waals surface area contributed by atoms with Gasteiger partial charge in [-0.05, 0) is 26.0 Å². The van der Waals surface area contributed by atoms with Gasteiger partial charge in [-0.1, -0.05) is 0 Å². The first kappa shape index (κ1) is 11.9. The molecule has 0 unspecified atom stereocenters. The van der Waals surface area contributed by atoms with E-state index in [2.05, 4.69) is 0 Å². The molecule has 0 fully saturated rings. The van der Waals surface area contributed by atoms with Crippen LogP contribution in [0.4, 0.5) is 0 Å². The van der Waals surface area contributed by atoms with Gasteiger partial charge in [-0.2, -0.15) is 0 Å². The Kier molecular flexibility index (Phi) is 4.52. The fourth-order valence-corrected chi connectivity index (χ4v) is 1.37. The number of nitrogens with zero attached hydrogens (tertiary/aromatic N) is 1. The molecule has 1 heterocycles. The van der Waals surface area contributed by atoms with E-state index in [0.29, 0.717) is 18.9 Å². The molecule has 0 radical (unpaired) electrons. The van der Waals surface area contributed by atoms with Crippen molar-refractivity contribution in [3.63, 3.8) is 0 Å². The fraction of sp³-hybridized carbons (Fsp3) is 0.545. The lowest BCUT2D eigenvalue weighted by Crippen LogP contribution is -2.19. The van der Waals surface area contributed by atoms with E-state index >= 15 is 0 Å². The van der Waals surface area contributed by atoms with Crippen LogP contribution in [0.5, 0.6) is 0 Å². The SMILES string of the molecule is CCOC(OCC)n1cccc1C(C)=O. The molecule has 1 rings (SSSR count). The van der Waals surface area contributed by atoms with Crippen LogP contribution in [0.1, 0.15) is 37.7 Å². The third-order valence-electron chi connectivity index (χ3n) is 1.99. The lowest BCUT2D eigenvalue weighted by atomic mass is 10.3. The predicted molar refractivity (Wildman–Crippen MR) is 56.7 cm³/mol. The van der Waals surface area contributed by atoms with Gasteiger partial charge in [0, 0.05) is 26.3 Å². The van der Waals surface area contributed by atoms with Crippen molar-refractivity contribution in [2.45, 2.75) is 27.2 Å². The van der Waals surface area contributed by atoms with Crippen LogP contribution in [0.15, 0.2) is 18.3 Å². The van der Waals surface area contributed by atoms with Crippen LogP contribution in [-0.4, -0.2) is 23.6 Å². The van der Waals surface area contributed by atoms with E-state index in [0.717, 1.165) is 0 Å². The first-order chi connectivity index (χ1) is 7.20. The van der Waals surface area contributed by atoms with Crippen LogP contribution >= 0.6 is 0 Å². The Bertz CT molecular complexity index is 313. The van der Waals surface area contributed by atoms with Crippen LogP contribution in [-0.2, 0) is 9.47 Å². The van der Waals surface area contributed by atoms with Gasteiger partial charge in [0.1, 0.15) is 0 Å². The van der Waals surface area contributed by atoms with Gasteiger partial charge in [0.25, 0.3) is 0 Å². The average Bonchev–Trinajstić information content (AvgIpc) is 2.65. The van der Waals surface area contributed by atoms with E-state index < -0.39 is 6.41 Å². The molecule has 0 aromatic carbocycles. The number of carbonyl (C=O) groups is 1. The Morgan fingerprint density at radius 2 is 2.00 bits per heavy atom. The molecule has 0 N–H and O–H groups in total. The zero-order valence-corrected chi connectivity index (χ0v) is 9.40.